The van der Waals surface area contributed by atoms with Crippen LogP contribution in [0.2, 0.25) is 0 Å². The molecule has 39 heavy (non-hydrogen) atoms. The van der Waals surface area contributed by atoms with E-state index in [1.54, 1.807) is 0 Å². The second kappa shape index (κ2) is 13.0. The number of rotatable bonds is 12. The third-order valence-electron chi connectivity index (χ3n) is 6.85. The second-order valence-corrected chi connectivity index (χ2v) is 9.93. The van der Waals surface area contributed by atoms with Crippen LogP contribution >= 0.6 is 0 Å². The zero-order valence-electron chi connectivity index (χ0n) is 23.3. The minimum Gasteiger partial charge on any atom is -0.457 e. The summed E-state index contributed by atoms with van der Waals surface area (Å²) in [4.78, 5) is 26.0. The first kappa shape index (κ1) is 27.8. The molecule has 8 heteroatoms. The molecule has 0 aliphatic carbocycles. The van der Waals surface area contributed by atoms with Crippen molar-refractivity contribution in [2.75, 3.05) is 17.7 Å². The molecule has 2 amide bonds. The van der Waals surface area contributed by atoms with Crippen molar-refractivity contribution < 1.29 is 23.5 Å². The van der Waals surface area contributed by atoms with Gasteiger partial charge in [0.25, 0.3) is 5.71 Å². The number of ether oxygens (including phenoxy) is 1. The van der Waals surface area contributed by atoms with Crippen molar-refractivity contribution in [2.45, 2.75) is 52.5 Å². The summed E-state index contributed by atoms with van der Waals surface area (Å²) < 4.78 is 11.7. The van der Waals surface area contributed by atoms with Crippen LogP contribution in [0.5, 0.6) is 11.5 Å². The molecule has 8 nitrogen and oxygen atoms in total. The van der Waals surface area contributed by atoms with Crippen LogP contribution in [0.25, 0.3) is 0 Å². The first-order chi connectivity index (χ1) is 18.9. The Morgan fingerprint density at radius 1 is 0.923 bits per heavy atom. The van der Waals surface area contributed by atoms with Gasteiger partial charge in [-0.15, -0.1) is 0 Å². The maximum Gasteiger partial charge on any atom is 0.348 e. The molecule has 0 saturated heterocycles. The van der Waals surface area contributed by atoms with Crippen LogP contribution < -0.4 is 19.9 Å². The number of aromatic nitrogens is 2. The summed E-state index contributed by atoms with van der Waals surface area (Å²) in [6, 6.07) is 14.6. The number of carbonyl (C=O) groups is 2. The van der Waals surface area contributed by atoms with E-state index in [1.165, 1.54) is 0 Å². The quantitative estimate of drug-likeness (QED) is 0.304. The average Bonchev–Trinajstić information content (AvgIpc) is 3.49. The summed E-state index contributed by atoms with van der Waals surface area (Å²) in [6.45, 7) is 5.10. The number of allylic oxidation sites excluding steroid dienone is 1. The number of carbonyl (C=O) groups excluding carboxylic acids is 2. The van der Waals surface area contributed by atoms with Crippen molar-refractivity contribution in [3.8, 4) is 11.5 Å². The second-order valence-electron chi connectivity index (χ2n) is 9.93. The Bertz CT molecular complexity index is 1370. The van der Waals surface area contributed by atoms with E-state index >= 15 is 0 Å². The van der Waals surface area contributed by atoms with Gasteiger partial charge in [0.2, 0.25) is 0 Å². The van der Waals surface area contributed by atoms with E-state index in [4.69, 9.17) is 4.74 Å². The Hall–Kier alpha value is -4.20. The fourth-order valence-corrected chi connectivity index (χ4v) is 4.74. The normalized spacial score (nSPS) is 14.5. The van der Waals surface area contributed by atoms with Gasteiger partial charge in [0, 0.05) is 17.4 Å². The van der Waals surface area contributed by atoms with Crippen molar-refractivity contribution >= 4 is 28.9 Å². The van der Waals surface area contributed by atoms with Crippen LogP contribution in [-0.2, 0) is 18.4 Å². The lowest BCUT2D eigenvalue weighted by Gasteiger charge is -2.11. The fourth-order valence-electron chi connectivity index (χ4n) is 4.74. The Morgan fingerprint density at radius 2 is 1.67 bits per heavy atom. The number of hydrogen-bond acceptors (Lipinski definition) is 3. The highest BCUT2D eigenvalue weighted by Crippen LogP contribution is 2.26. The molecule has 1 aliphatic heterocycles. The number of aryl methyl sites for hydroxylation is 2. The van der Waals surface area contributed by atoms with Crippen LogP contribution in [-0.4, -0.2) is 33.7 Å². The topological polar surface area (TPSA) is 79.2 Å². The van der Waals surface area contributed by atoms with E-state index < -0.39 is 0 Å². The highest BCUT2D eigenvalue weighted by atomic mass is 16.5. The molecular weight excluding hydrogens is 490 g/mol. The Balaban J connectivity index is 1.37. The molecule has 2 aromatic carbocycles. The van der Waals surface area contributed by atoms with Crippen LogP contribution in [0, 0.1) is 5.92 Å². The summed E-state index contributed by atoms with van der Waals surface area (Å²) in [5.74, 6) is 1.72. The van der Waals surface area contributed by atoms with E-state index in [-0.39, 0.29) is 17.7 Å². The third-order valence-corrected chi connectivity index (χ3v) is 6.85. The van der Waals surface area contributed by atoms with Crippen molar-refractivity contribution in [1.82, 2.24) is 4.57 Å². The lowest BCUT2D eigenvalue weighted by atomic mass is 9.97. The van der Waals surface area contributed by atoms with E-state index in [0.29, 0.717) is 28.7 Å². The molecule has 3 aromatic rings. The fraction of sp³-hybridized carbons (Fsp3) is 0.355. The predicted octanol–water partition coefficient (Wildman–Crippen LogP) is 5.51. The number of amides is 2. The maximum absolute atomic E-state index is 13.1. The summed E-state index contributed by atoms with van der Waals surface area (Å²) in [7, 11) is 3.78. The lowest BCUT2D eigenvalue weighted by Crippen LogP contribution is -2.37. The minimum atomic E-state index is -0.159. The number of hydrogen-bond donors (Lipinski definition) is 2. The van der Waals surface area contributed by atoms with Gasteiger partial charge in [-0.2, -0.15) is 0 Å². The Kier molecular flexibility index (Phi) is 9.31. The maximum atomic E-state index is 13.1. The molecule has 0 bridgehead atoms. The van der Waals surface area contributed by atoms with Gasteiger partial charge in [-0.05, 0) is 55.3 Å². The largest absolute Gasteiger partial charge is 0.457 e. The number of anilines is 2. The van der Waals surface area contributed by atoms with Gasteiger partial charge >= 0.3 is 17.6 Å². The van der Waals surface area contributed by atoms with E-state index in [0.717, 1.165) is 44.4 Å². The molecule has 0 radical (unpaired) electrons. The van der Waals surface area contributed by atoms with Crippen LogP contribution in [0.4, 0.5) is 11.4 Å². The molecule has 0 saturated carbocycles. The van der Waals surface area contributed by atoms with Gasteiger partial charge in [-0.3, -0.25) is 9.59 Å². The van der Waals surface area contributed by atoms with Crippen molar-refractivity contribution in [3.05, 3.63) is 79.0 Å². The predicted molar refractivity (Wildman–Crippen MR) is 153 cm³/mol. The SMILES string of the molecule is CCCCC1C=C[N+](C)=C1C(=O)Nc1cccc(Oc2ccc(NC(=O)c3n(CCCC)cc[n+]3C)cc2)c1. The van der Waals surface area contributed by atoms with Crippen molar-refractivity contribution in [2.24, 2.45) is 13.0 Å². The molecule has 0 fully saturated rings. The minimum absolute atomic E-state index is 0.102. The molecule has 0 spiro atoms. The highest BCUT2D eigenvalue weighted by Gasteiger charge is 2.32. The Labute approximate surface area is 230 Å². The molecule has 4 rings (SSSR count). The van der Waals surface area contributed by atoms with Crippen LogP contribution in [0.3, 0.4) is 0 Å². The smallest absolute Gasteiger partial charge is 0.348 e. The van der Waals surface area contributed by atoms with E-state index in [1.807, 2.05) is 94.9 Å². The number of nitrogens with one attached hydrogen (secondary N) is 2. The average molecular weight is 530 g/mol. The monoisotopic (exact) mass is 529 g/mol. The molecule has 2 heterocycles. The van der Waals surface area contributed by atoms with E-state index in [9.17, 15) is 9.59 Å². The third kappa shape index (κ3) is 7.02. The first-order valence-electron chi connectivity index (χ1n) is 13.7. The van der Waals surface area contributed by atoms with Crippen LogP contribution in [0.15, 0.2) is 73.2 Å². The highest BCUT2D eigenvalue weighted by molar-refractivity contribution is 6.42. The van der Waals surface area contributed by atoms with Gasteiger partial charge < -0.3 is 15.4 Å². The van der Waals surface area contributed by atoms with E-state index in [2.05, 4.69) is 30.6 Å². The summed E-state index contributed by atoms with van der Waals surface area (Å²) in [6.07, 6.45) is 13.1. The number of unbranched alkanes of at least 4 members (excludes halogenated alkanes) is 2. The van der Waals surface area contributed by atoms with Crippen molar-refractivity contribution in [3.63, 3.8) is 0 Å². The zero-order chi connectivity index (χ0) is 27.8. The molecule has 1 aromatic heterocycles. The van der Waals surface area contributed by atoms with Gasteiger partial charge in [0.05, 0.1) is 19.5 Å². The molecule has 2 N–H and O–H groups in total. The van der Waals surface area contributed by atoms with Crippen molar-refractivity contribution in [1.29, 1.82) is 0 Å². The molecule has 1 atom stereocenters. The first-order valence-corrected chi connectivity index (χ1v) is 13.7. The molecular formula is C31H39N5O3+2. The van der Waals surface area contributed by atoms with Crippen LogP contribution in [0.1, 0.15) is 56.6 Å². The van der Waals surface area contributed by atoms with Gasteiger partial charge in [0.1, 0.15) is 30.9 Å². The molecule has 1 unspecified atom stereocenters. The molecule has 1 aliphatic rings. The Morgan fingerprint density at radius 3 is 2.41 bits per heavy atom. The van der Waals surface area contributed by atoms with Gasteiger partial charge in [-0.1, -0.05) is 39.2 Å². The van der Waals surface area contributed by atoms with Gasteiger partial charge in [-0.25, -0.2) is 13.7 Å². The lowest BCUT2D eigenvalue weighted by molar-refractivity contribution is -0.672. The molecule has 204 valence electrons. The number of benzene rings is 2. The number of imidazole rings is 1. The van der Waals surface area contributed by atoms with Gasteiger partial charge in [0.15, 0.2) is 6.20 Å². The summed E-state index contributed by atoms with van der Waals surface area (Å²) in [5, 5.41) is 6.00. The zero-order valence-corrected chi connectivity index (χ0v) is 23.3. The summed E-state index contributed by atoms with van der Waals surface area (Å²) in [5.41, 5.74) is 2.11. The standard InChI is InChI=1S/C31H37N5O3/c1-5-7-10-23-17-19-34(3)28(23)29(37)33-25-11-9-12-27(22-25)39-26-15-13-24(14-16-26)32-30(38)31-35(4)20-21-36(31)18-8-6-2/h9,11-17,19-23H,5-8,10,18H2,1-4H3/p+2. The number of nitrogens with zero attached hydrogens (tertiary/aromatic N) is 3. The summed E-state index contributed by atoms with van der Waals surface area (Å²) >= 11 is 0.